The molecule has 1 aromatic rings. The summed E-state index contributed by atoms with van der Waals surface area (Å²) in [7, 11) is 0. The maximum Gasteiger partial charge on any atom is 0.326 e. The van der Waals surface area contributed by atoms with Crippen LogP contribution in [0.1, 0.15) is 38.8 Å². The van der Waals surface area contributed by atoms with Crippen molar-refractivity contribution in [3.05, 3.63) is 18.2 Å². The van der Waals surface area contributed by atoms with Gasteiger partial charge < -0.3 is 36.9 Å². The van der Waals surface area contributed by atoms with Crippen LogP contribution in [0.15, 0.2) is 12.5 Å². The number of carbonyl (C=O) groups excluding carboxylic acids is 3. The number of imidazole rings is 1. The number of aromatic amines is 1. The Morgan fingerprint density at radius 2 is 1.66 bits per heavy atom. The number of nitrogens with one attached hydrogen (secondary N) is 4. The van der Waals surface area contributed by atoms with Crippen LogP contribution in [0.25, 0.3) is 0 Å². The van der Waals surface area contributed by atoms with Crippen LogP contribution in [0, 0.1) is 5.92 Å². The van der Waals surface area contributed by atoms with Crippen molar-refractivity contribution in [2.45, 2.75) is 63.7 Å². The van der Waals surface area contributed by atoms with Crippen LogP contribution in [0.2, 0.25) is 0 Å². The van der Waals surface area contributed by atoms with E-state index in [2.05, 4.69) is 25.9 Å². The fraction of sp³-hybridized carbons (Fsp3) is 0.619. The van der Waals surface area contributed by atoms with Crippen molar-refractivity contribution in [1.29, 1.82) is 0 Å². The van der Waals surface area contributed by atoms with E-state index in [-0.39, 0.29) is 18.8 Å². The molecule has 13 nitrogen and oxygen atoms in total. The number of hydrogen-bond acceptors (Lipinski definition) is 8. The molecule has 3 amide bonds. The minimum Gasteiger partial charge on any atom is -0.481 e. The van der Waals surface area contributed by atoms with Crippen LogP contribution in [0.3, 0.4) is 0 Å². The lowest BCUT2D eigenvalue weighted by Gasteiger charge is -2.25. The summed E-state index contributed by atoms with van der Waals surface area (Å²) in [4.78, 5) is 67.6. The van der Waals surface area contributed by atoms with Crippen molar-refractivity contribution in [3.8, 4) is 0 Å². The third kappa shape index (κ3) is 10.3. The molecule has 0 aromatic carbocycles. The van der Waals surface area contributed by atoms with Gasteiger partial charge in [0.05, 0.1) is 18.8 Å². The highest BCUT2D eigenvalue weighted by atomic mass is 32.2. The summed E-state index contributed by atoms with van der Waals surface area (Å²) >= 11 is 1.40. The van der Waals surface area contributed by atoms with E-state index in [4.69, 9.17) is 10.8 Å². The Morgan fingerprint density at radius 3 is 2.17 bits per heavy atom. The molecule has 1 aromatic heterocycles. The zero-order chi connectivity index (χ0) is 26.5. The normalized spacial score (nSPS) is 15.2. The second-order valence-electron chi connectivity index (χ2n) is 8.09. The van der Waals surface area contributed by atoms with Crippen molar-refractivity contribution < 1.29 is 34.2 Å². The van der Waals surface area contributed by atoms with Gasteiger partial charge in [-0.25, -0.2) is 9.78 Å². The van der Waals surface area contributed by atoms with Crippen LogP contribution in [-0.4, -0.2) is 86.0 Å². The molecule has 5 atom stereocenters. The molecule has 0 saturated heterocycles. The highest BCUT2D eigenvalue weighted by Crippen LogP contribution is 2.08. The first-order valence-corrected chi connectivity index (χ1v) is 12.5. The highest BCUT2D eigenvalue weighted by molar-refractivity contribution is 7.98. The number of H-pyrrole nitrogens is 1. The minimum absolute atomic E-state index is 0.0401. The highest BCUT2D eigenvalue weighted by Gasteiger charge is 2.31. The predicted octanol–water partition coefficient (Wildman–Crippen LogP) is -0.908. The Kier molecular flexibility index (Phi) is 12.8. The zero-order valence-corrected chi connectivity index (χ0v) is 20.8. The number of carboxylic acid groups (broad SMARTS) is 2. The fourth-order valence-electron chi connectivity index (χ4n) is 3.03. The van der Waals surface area contributed by atoms with E-state index in [0.717, 1.165) is 0 Å². The lowest BCUT2D eigenvalue weighted by Crippen LogP contribution is -2.58. The van der Waals surface area contributed by atoms with Gasteiger partial charge >= 0.3 is 11.9 Å². The largest absolute Gasteiger partial charge is 0.481 e. The summed E-state index contributed by atoms with van der Waals surface area (Å²) in [6.45, 7) is 3.70. The number of amides is 3. The number of thioether (sulfide) groups is 1. The van der Waals surface area contributed by atoms with Gasteiger partial charge in [-0.2, -0.15) is 11.8 Å². The van der Waals surface area contributed by atoms with E-state index in [0.29, 0.717) is 17.9 Å². The van der Waals surface area contributed by atoms with Gasteiger partial charge in [0.2, 0.25) is 17.7 Å². The van der Waals surface area contributed by atoms with E-state index >= 15 is 0 Å². The molecule has 0 radical (unpaired) electrons. The molecule has 0 fully saturated rings. The summed E-state index contributed by atoms with van der Waals surface area (Å²) in [5, 5.41) is 25.5. The second-order valence-corrected chi connectivity index (χ2v) is 9.08. The molecule has 0 spiro atoms. The van der Waals surface area contributed by atoms with Gasteiger partial charge in [-0.15, -0.1) is 0 Å². The lowest BCUT2D eigenvalue weighted by atomic mass is 9.98. The van der Waals surface area contributed by atoms with Gasteiger partial charge in [0.15, 0.2) is 0 Å². The van der Waals surface area contributed by atoms with E-state index < -0.39 is 60.2 Å². The van der Waals surface area contributed by atoms with Crippen molar-refractivity contribution >= 4 is 41.4 Å². The third-order valence-electron chi connectivity index (χ3n) is 5.41. The summed E-state index contributed by atoms with van der Waals surface area (Å²) in [6.07, 6.45) is 4.72. The number of aromatic nitrogens is 2. The molecule has 1 rings (SSSR count). The predicted molar refractivity (Wildman–Crippen MR) is 128 cm³/mol. The van der Waals surface area contributed by atoms with Crippen LogP contribution in [-0.2, 0) is 30.4 Å². The van der Waals surface area contributed by atoms with Crippen LogP contribution in [0.5, 0.6) is 0 Å². The van der Waals surface area contributed by atoms with E-state index in [9.17, 15) is 29.1 Å². The van der Waals surface area contributed by atoms with Crippen molar-refractivity contribution in [3.63, 3.8) is 0 Å². The molecule has 14 heteroatoms. The maximum atomic E-state index is 13.1. The number of hydrogen-bond donors (Lipinski definition) is 7. The quantitative estimate of drug-likeness (QED) is 0.144. The van der Waals surface area contributed by atoms with Gasteiger partial charge in [-0.05, 0) is 24.3 Å². The summed E-state index contributed by atoms with van der Waals surface area (Å²) in [5.74, 6) is -4.66. The molecule has 0 aliphatic rings. The Balaban J connectivity index is 3.05. The average Bonchev–Trinajstić information content (AvgIpc) is 3.32. The van der Waals surface area contributed by atoms with Crippen LogP contribution in [0.4, 0.5) is 0 Å². The Bertz CT molecular complexity index is 866. The Hall–Kier alpha value is -3.13. The molecule has 1 heterocycles. The Morgan fingerprint density at radius 1 is 1.06 bits per heavy atom. The first-order chi connectivity index (χ1) is 16.5. The second kappa shape index (κ2) is 15.0. The molecule has 8 N–H and O–H groups in total. The molecular weight excluding hydrogens is 480 g/mol. The molecule has 0 bridgehead atoms. The molecular formula is C21H34N6O7S. The number of carboxylic acids is 2. The van der Waals surface area contributed by atoms with Gasteiger partial charge in [-0.1, -0.05) is 20.3 Å². The van der Waals surface area contributed by atoms with Gasteiger partial charge in [0.25, 0.3) is 0 Å². The fourth-order valence-corrected chi connectivity index (χ4v) is 3.50. The molecule has 35 heavy (non-hydrogen) atoms. The van der Waals surface area contributed by atoms with E-state index in [1.807, 2.05) is 13.8 Å². The zero-order valence-electron chi connectivity index (χ0n) is 19.9. The monoisotopic (exact) mass is 514 g/mol. The van der Waals surface area contributed by atoms with Gasteiger partial charge in [0.1, 0.15) is 18.1 Å². The SMILES string of the molecule is CCC(C)C(N)C(=O)NC(Cc1cnc[nH]1)C(=O)NC(CCSC)C(=O)NC(CC(=O)O)C(=O)O. The number of aliphatic carboxylic acids is 2. The first-order valence-electron chi connectivity index (χ1n) is 11.1. The number of carbonyl (C=O) groups is 5. The van der Waals surface area contributed by atoms with Crippen molar-refractivity contribution in [2.24, 2.45) is 11.7 Å². The topological polar surface area (TPSA) is 217 Å². The summed E-state index contributed by atoms with van der Waals surface area (Å²) in [5.41, 5.74) is 6.55. The smallest absolute Gasteiger partial charge is 0.326 e. The molecule has 0 aliphatic carbocycles. The summed E-state index contributed by atoms with van der Waals surface area (Å²) < 4.78 is 0. The molecule has 0 saturated carbocycles. The minimum atomic E-state index is -1.66. The molecule has 196 valence electrons. The number of nitrogens with zero attached hydrogens (tertiary/aromatic N) is 1. The van der Waals surface area contributed by atoms with E-state index in [1.54, 1.807) is 6.26 Å². The number of nitrogens with two attached hydrogens (primary N) is 1. The maximum absolute atomic E-state index is 13.1. The van der Waals surface area contributed by atoms with E-state index in [1.165, 1.54) is 24.3 Å². The number of rotatable bonds is 16. The molecule has 5 unspecified atom stereocenters. The third-order valence-corrected chi connectivity index (χ3v) is 6.05. The van der Waals surface area contributed by atoms with Gasteiger partial charge in [-0.3, -0.25) is 19.2 Å². The van der Waals surface area contributed by atoms with Gasteiger partial charge in [0, 0.05) is 18.3 Å². The van der Waals surface area contributed by atoms with Crippen LogP contribution < -0.4 is 21.7 Å². The lowest BCUT2D eigenvalue weighted by molar-refractivity contribution is -0.147. The standard InChI is InChI=1S/C21H34N6O7S/c1-4-11(2)17(22)20(32)26-14(7-12-9-23-10-24-12)19(31)25-13(5-6-35-3)18(30)27-15(21(33)34)8-16(28)29/h9-11,13-15,17H,4-8,22H2,1-3H3,(H,23,24)(H,25,31)(H,26,32)(H,27,30)(H,28,29)(H,33,34). The molecule has 0 aliphatic heterocycles. The Labute approximate surface area is 207 Å². The first kappa shape index (κ1) is 29.9. The van der Waals surface area contributed by atoms with Crippen molar-refractivity contribution in [2.75, 3.05) is 12.0 Å². The van der Waals surface area contributed by atoms with Crippen LogP contribution >= 0.6 is 11.8 Å². The average molecular weight is 515 g/mol. The van der Waals surface area contributed by atoms with Crippen molar-refractivity contribution in [1.82, 2.24) is 25.9 Å². The summed E-state index contributed by atoms with van der Waals surface area (Å²) in [6, 6.07) is -4.77.